The summed E-state index contributed by atoms with van der Waals surface area (Å²) in [5.74, 6) is -1.41. The average Bonchev–Trinajstić information content (AvgIpc) is 3.34. The summed E-state index contributed by atoms with van der Waals surface area (Å²) < 4.78 is 15.6. The summed E-state index contributed by atoms with van der Waals surface area (Å²) in [6.07, 6.45) is 1.25. The van der Waals surface area contributed by atoms with E-state index in [1.807, 2.05) is 6.92 Å². The Morgan fingerprint density at radius 1 is 1.12 bits per heavy atom. The fourth-order valence-corrected chi connectivity index (χ4v) is 4.48. The molecule has 0 spiro atoms. The monoisotopic (exact) mass is 465 g/mol. The molecule has 2 aromatic carbocycles. The first-order valence-electron chi connectivity index (χ1n) is 11.1. The SMILES string of the molecule is COCCCN1C(=O)C(=O)C(=C(O)c2ccc3c(c2)C[C@H](C)O3)[C@H]1c1ccc(C(=O)OC)cc1. The zero-order chi connectivity index (χ0) is 24.4. The Kier molecular flexibility index (Phi) is 6.70. The number of carbonyl (C=O) groups excluding carboxylic acids is 3. The van der Waals surface area contributed by atoms with Crippen LogP contribution < -0.4 is 4.74 Å². The number of hydrogen-bond acceptors (Lipinski definition) is 7. The first-order valence-corrected chi connectivity index (χ1v) is 11.1. The molecule has 2 aliphatic rings. The Labute approximate surface area is 197 Å². The van der Waals surface area contributed by atoms with E-state index in [9.17, 15) is 19.5 Å². The summed E-state index contributed by atoms with van der Waals surface area (Å²) in [4.78, 5) is 39.4. The fourth-order valence-electron chi connectivity index (χ4n) is 4.48. The van der Waals surface area contributed by atoms with E-state index in [4.69, 9.17) is 14.2 Å². The van der Waals surface area contributed by atoms with Crippen LogP contribution in [0.25, 0.3) is 5.76 Å². The summed E-state index contributed by atoms with van der Waals surface area (Å²) in [6, 6.07) is 10.9. The number of ketones is 1. The van der Waals surface area contributed by atoms with E-state index in [1.54, 1.807) is 49.6 Å². The molecule has 4 rings (SSSR count). The van der Waals surface area contributed by atoms with Crippen molar-refractivity contribution in [2.75, 3.05) is 27.4 Å². The predicted octanol–water partition coefficient (Wildman–Crippen LogP) is 3.25. The number of nitrogens with zero attached hydrogens (tertiary/aromatic N) is 1. The highest BCUT2D eigenvalue weighted by Gasteiger charge is 2.45. The molecule has 178 valence electrons. The molecule has 0 bridgehead atoms. The van der Waals surface area contributed by atoms with Crippen LogP contribution in [0.5, 0.6) is 5.75 Å². The molecule has 0 saturated carbocycles. The minimum absolute atomic E-state index is 0.0140. The first kappa shape index (κ1) is 23.5. The molecule has 2 atom stereocenters. The zero-order valence-corrected chi connectivity index (χ0v) is 19.4. The van der Waals surface area contributed by atoms with Gasteiger partial charge in [0.1, 0.15) is 17.6 Å². The summed E-state index contributed by atoms with van der Waals surface area (Å²) in [5.41, 5.74) is 2.34. The zero-order valence-electron chi connectivity index (χ0n) is 19.4. The van der Waals surface area contributed by atoms with Gasteiger partial charge in [0.25, 0.3) is 11.7 Å². The number of Topliss-reactive ketones (excluding diaryl/α,β-unsaturated/α-hetero) is 1. The Hall–Kier alpha value is -3.65. The standard InChI is InChI=1S/C26H27NO7/c1-15-13-19-14-18(9-10-20(19)34-15)23(28)21-22(16-5-7-17(8-6-16)26(31)33-3)27(11-4-12-32-2)25(30)24(21)29/h5-10,14-15,22,28H,4,11-13H2,1-3H3/t15-,22+/m0/s1. The summed E-state index contributed by atoms with van der Waals surface area (Å²) >= 11 is 0. The van der Waals surface area contributed by atoms with Crippen molar-refractivity contribution >= 4 is 23.4 Å². The Balaban J connectivity index is 1.78. The molecule has 0 radical (unpaired) electrons. The van der Waals surface area contributed by atoms with Crippen molar-refractivity contribution in [2.45, 2.75) is 31.9 Å². The van der Waals surface area contributed by atoms with Gasteiger partial charge in [-0.05, 0) is 54.8 Å². The number of rotatable bonds is 7. The third kappa shape index (κ3) is 4.28. The third-order valence-electron chi connectivity index (χ3n) is 6.10. The second-order valence-corrected chi connectivity index (χ2v) is 8.41. The number of hydrogen-bond donors (Lipinski definition) is 1. The highest BCUT2D eigenvalue weighted by Crippen LogP contribution is 2.40. The van der Waals surface area contributed by atoms with E-state index in [0.29, 0.717) is 36.1 Å². The largest absolute Gasteiger partial charge is 0.507 e. The molecule has 0 aromatic heterocycles. The highest BCUT2D eigenvalue weighted by atomic mass is 16.5. The van der Waals surface area contributed by atoms with Crippen LogP contribution >= 0.6 is 0 Å². The van der Waals surface area contributed by atoms with E-state index in [2.05, 4.69) is 0 Å². The number of methoxy groups -OCH3 is 2. The van der Waals surface area contributed by atoms with Gasteiger partial charge in [0.2, 0.25) is 0 Å². The molecule has 1 N–H and O–H groups in total. The van der Waals surface area contributed by atoms with Crippen molar-refractivity contribution < 1.29 is 33.7 Å². The van der Waals surface area contributed by atoms with Gasteiger partial charge in [0.05, 0.1) is 24.3 Å². The maximum Gasteiger partial charge on any atom is 0.337 e. The first-order chi connectivity index (χ1) is 16.3. The summed E-state index contributed by atoms with van der Waals surface area (Å²) in [7, 11) is 2.86. The smallest absolute Gasteiger partial charge is 0.337 e. The average molecular weight is 466 g/mol. The van der Waals surface area contributed by atoms with Crippen LogP contribution in [-0.2, 0) is 25.5 Å². The molecule has 2 heterocycles. The molecule has 34 heavy (non-hydrogen) atoms. The van der Waals surface area contributed by atoms with E-state index in [-0.39, 0.29) is 24.0 Å². The molecule has 2 aromatic rings. The van der Waals surface area contributed by atoms with Gasteiger partial charge < -0.3 is 24.2 Å². The van der Waals surface area contributed by atoms with Crippen LogP contribution in [0, 0.1) is 0 Å². The number of fused-ring (bicyclic) bond motifs is 1. The fraction of sp³-hybridized carbons (Fsp3) is 0.346. The maximum absolute atomic E-state index is 13.1. The quantitative estimate of drug-likeness (QED) is 0.220. The second kappa shape index (κ2) is 9.69. The van der Waals surface area contributed by atoms with Crippen molar-refractivity contribution in [1.82, 2.24) is 4.90 Å². The third-order valence-corrected chi connectivity index (χ3v) is 6.10. The Morgan fingerprint density at radius 2 is 1.82 bits per heavy atom. The van der Waals surface area contributed by atoms with Gasteiger partial charge in [-0.1, -0.05) is 12.1 Å². The molecule has 0 unspecified atom stereocenters. The van der Waals surface area contributed by atoms with Gasteiger partial charge in [0, 0.05) is 32.2 Å². The van der Waals surface area contributed by atoms with Crippen LogP contribution in [0.2, 0.25) is 0 Å². The lowest BCUT2D eigenvalue weighted by atomic mass is 9.94. The minimum Gasteiger partial charge on any atom is -0.507 e. The van der Waals surface area contributed by atoms with Gasteiger partial charge in [-0.25, -0.2) is 4.79 Å². The van der Waals surface area contributed by atoms with Crippen molar-refractivity contribution in [1.29, 1.82) is 0 Å². The van der Waals surface area contributed by atoms with Gasteiger partial charge in [-0.3, -0.25) is 9.59 Å². The molecule has 1 saturated heterocycles. The second-order valence-electron chi connectivity index (χ2n) is 8.41. The normalized spacial score (nSPS) is 20.9. The number of aliphatic hydroxyl groups is 1. The van der Waals surface area contributed by atoms with Gasteiger partial charge in [-0.15, -0.1) is 0 Å². The molecule has 0 aliphatic carbocycles. The minimum atomic E-state index is -0.799. The van der Waals surface area contributed by atoms with Crippen molar-refractivity contribution in [3.05, 3.63) is 70.3 Å². The number of amides is 1. The van der Waals surface area contributed by atoms with Gasteiger partial charge >= 0.3 is 5.97 Å². The Morgan fingerprint density at radius 3 is 2.50 bits per heavy atom. The lowest BCUT2D eigenvalue weighted by Crippen LogP contribution is -2.31. The molecular formula is C26H27NO7. The van der Waals surface area contributed by atoms with E-state index < -0.39 is 23.7 Å². The number of aliphatic hydroxyl groups excluding tert-OH is 1. The van der Waals surface area contributed by atoms with E-state index >= 15 is 0 Å². The molecule has 8 nitrogen and oxygen atoms in total. The summed E-state index contributed by atoms with van der Waals surface area (Å²) in [5, 5.41) is 11.2. The van der Waals surface area contributed by atoms with Crippen LogP contribution in [0.3, 0.4) is 0 Å². The van der Waals surface area contributed by atoms with Crippen molar-refractivity contribution in [3.8, 4) is 5.75 Å². The number of esters is 1. The molecular weight excluding hydrogens is 438 g/mol. The topological polar surface area (TPSA) is 102 Å². The Bertz CT molecular complexity index is 1150. The van der Waals surface area contributed by atoms with Crippen molar-refractivity contribution in [3.63, 3.8) is 0 Å². The molecule has 2 aliphatic heterocycles. The number of benzene rings is 2. The number of carbonyl (C=O) groups is 3. The van der Waals surface area contributed by atoms with Gasteiger partial charge in [-0.2, -0.15) is 0 Å². The van der Waals surface area contributed by atoms with Crippen LogP contribution in [0.15, 0.2) is 48.0 Å². The van der Waals surface area contributed by atoms with E-state index in [0.717, 1.165) is 11.3 Å². The summed E-state index contributed by atoms with van der Waals surface area (Å²) in [6.45, 7) is 2.65. The maximum atomic E-state index is 13.1. The van der Waals surface area contributed by atoms with E-state index in [1.165, 1.54) is 12.0 Å². The lowest BCUT2D eigenvalue weighted by Gasteiger charge is -2.25. The van der Waals surface area contributed by atoms with Crippen LogP contribution in [0.1, 0.15) is 46.4 Å². The predicted molar refractivity (Wildman–Crippen MR) is 124 cm³/mol. The highest BCUT2D eigenvalue weighted by molar-refractivity contribution is 6.46. The lowest BCUT2D eigenvalue weighted by molar-refractivity contribution is -0.140. The number of likely N-dealkylation sites (tertiary alicyclic amines) is 1. The van der Waals surface area contributed by atoms with Crippen molar-refractivity contribution in [2.24, 2.45) is 0 Å². The number of ether oxygens (including phenoxy) is 3. The van der Waals surface area contributed by atoms with Crippen LogP contribution in [0.4, 0.5) is 0 Å². The molecule has 1 amide bonds. The molecule has 1 fully saturated rings. The van der Waals surface area contributed by atoms with Gasteiger partial charge in [0.15, 0.2) is 0 Å². The molecule has 8 heteroatoms. The van der Waals surface area contributed by atoms with Crippen LogP contribution in [-0.4, -0.2) is 61.1 Å².